The van der Waals surface area contributed by atoms with Crippen LogP contribution in [0.4, 0.5) is 4.79 Å². The molecule has 47 heavy (non-hydrogen) atoms. The number of carbonyl (C=O) groups is 2. The lowest BCUT2D eigenvalue weighted by Crippen LogP contribution is -2.62. The minimum atomic E-state index is -0.667. The first-order valence-electron chi connectivity index (χ1n) is 16.4. The van der Waals surface area contributed by atoms with Gasteiger partial charge in [-0.3, -0.25) is 4.79 Å². The number of phenols is 1. The second-order valence-corrected chi connectivity index (χ2v) is 14.6. The van der Waals surface area contributed by atoms with Crippen LogP contribution in [0, 0.1) is 30.6 Å². The Morgan fingerprint density at radius 1 is 1.04 bits per heavy atom. The van der Waals surface area contributed by atoms with Crippen molar-refractivity contribution in [1.29, 1.82) is 0 Å². The van der Waals surface area contributed by atoms with Crippen LogP contribution in [0.5, 0.6) is 17.2 Å². The summed E-state index contributed by atoms with van der Waals surface area (Å²) >= 11 is 6.28. The SMILES string of the molecule is Cc1c(COc2cc(O)c(C=O)cc2Cl)cccc1-c1cccc(OCCCN2CCC3(CC2)CC(OC(N)=O)C3C(C)(C)C)c1C. The maximum absolute atomic E-state index is 11.4. The zero-order valence-electron chi connectivity index (χ0n) is 28.1. The average Bonchev–Trinajstić information content (AvgIpc) is 3.00. The molecule has 2 unspecified atom stereocenters. The van der Waals surface area contributed by atoms with Gasteiger partial charge in [-0.15, -0.1) is 0 Å². The average molecular weight is 663 g/mol. The number of amides is 1. The van der Waals surface area contributed by atoms with E-state index in [-0.39, 0.29) is 39.9 Å². The Bertz CT molecular complexity index is 1610. The Labute approximate surface area is 283 Å². The number of nitrogens with zero attached hydrogens (tertiary/aromatic N) is 1. The highest BCUT2D eigenvalue weighted by Gasteiger charge is 2.60. The van der Waals surface area contributed by atoms with E-state index in [4.69, 9.17) is 31.5 Å². The van der Waals surface area contributed by atoms with Crippen LogP contribution in [-0.2, 0) is 11.3 Å². The minimum Gasteiger partial charge on any atom is -0.507 e. The lowest BCUT2D eigenvalue weighted by atomic mass is 9.47. The second-order valence-electron chi connectivity index (χ2n) is 14.2. The summed E-state index contributed by atoms with van der Waals surface area (Å²) in [6.45, 7) is 14.8. The van der Waals surface area contributed by atoms with Gasteiger partial charge in [-0.25, -0.2) is 4.79 Å². The highest BCUT2D eigenvalue weighted by Crippen LogP contribution is 2.61. The van der Waals surface area contributed by atoms with Gasteiger partial charge in [-0.2, -0.15) is 0 Å². The number of piperidine rings is 1. The molecule has 1 amide bonds. The number of aldehydes is 1. The van der Waals surface area contributed by atoms with Crippen LogP contribution in [0.15, 0.2) is 48.5 Å². The zero-order chi connectivity index (χ0) is 33.9. The molecule has 5 rings (SSSR count). The molecule has 1 saturated heterocycles. The molecule has 9 heteroatoms. The number of likely N-dealkylation sites (tertiary alicyclic amines) is 1. The van der Waals surface area contributed by atoms with Crippen molar-refractivity contribution in [3.63, 3.8) is 0 Å². The van der Waals surface area contributed by atoms with Crippen molar-refractivity contribution < 1.29 is 28.9 Å². The van der Waals surface area contributed by atoms with Gasteiger partial charge in [-0.1, -0.05) is 62.7 Å². The summed E-state index contributed by atoms with van der Waals surface area (Å²) in [5.74, 6) is 1.35. The molecule has 3 aromatic carbocycles. The molecule has 1 spiro atoms. The van der Waals surface area contributed by atoms with E-state index in [2.05, 4.69) is 51.7 Å². The number of hydrogen-bond donors (Lipinski definition) is 2. The third kappa shape index (κ3) is 7.54. The first-order valence-corrected chi connectivity index (χ1v) is 16.8. The molecule has 3 N–H and O–H groups in total. The van der Waals surface area contributed by atoms with E-state index in [1.54, 1.807) is 0 Å². The third-order valence-electron chi connectivity index (χ3n) is 10.2. The van der Waals surface area contributed by atoms with Crippen molar-refractivity contribution >= 4 is 24.0 Å². The molecular formula is C38H47ClN2O6. The minimum absolute atomic E-state index is 0.0545. The van der Waals surface area contributed by atoms with Crippen molar-refractivity contribution in [1.82, 2.24) is 4.90 Å². The van der Waals surface area contributed by atoms with Crippen molar-refractivity contribution in [2.75, 3.05) is 26.2 Å². The topological polar surface area (TPSA) is 111 Å². The van der Waals surface area contributed by atoms with E-state index in [1.165, 1.54) is 12.1 Å². The van der Waals surface area contributed by atoms with Gasteiger partial charge in [0.1, 0.15) is 30.0 Å². The summed E-state index contributed by atoms with van der Waals surface area (Å²) in [6.07, 6.45) is 3.88. The summed E-state index contributed by atoms with van der Waals surface area (Å²) in [6, 6.07) is 15.0. The van der Waals surface area contributed by atoms with Crippen molar-refractivity contribution in [2.24, 2.45) is 22.5 Å². The van der Waals surface area contributed by atoms with Gasteiger partial charge in [-0.05, 0) is 103 Å². The molecule has 1 saturated carbocycles. The molecule has 0 bridgehead atoms. The fourth-order valence-electron chi connectivity index (χ4n) is 7.93. The number of carbonyl (C=O) groups excluding carboxylic acids is 2. The number of ether oxygens (including phenoxy) is 3. The van der Waals surface area contributed by atoms with E-state index < -0.39 is 6.09 Å². The van der Waals surface area contributed by atoms with Crippen LogP contribution < -0.4 is 15.2 Å². The lowest BCUT2D eigenvalue weighted by Gasteiger charge is -2.61. The number of hydrogen-bond acceptors (Lipinski definition) is 7. The van der Waals surface area contributed by atoms with Crippen LogP contribution in [0.25, 0.3) is 11.1 Å². The first kappa shape index (κ1) is 34.6. The highest BCUT2D eigenvalue weighted by atomic mass is 35.5. The lowest BCUT2D eigenvalue weighted by molar-refractivity contribution is -0.177. The van der Waals surface area contributed by atoms with Gasteiger partial charge < -0.3 is 30.0 Å². The monoisotopic (exact) mass is 662 g/mol. The molecule has 1 heterocycles. The van der Waals surface area contributed by atoms with E-state index in [0.29, 0.717) is 24.6 Å². The summed E-state index contributed by atoms with van der Waals surface area (Å²) in [7, 11) is 0. The number of aromatic hydroxyl groups is 1. The van der Waals surface area contributed by atoms with Crippen molar-refractivity contribution in [3.05, 3.63) is 75.8 Å². The number of halogens is 1. The normalized spacial score (nSPS) is 19.2. The molecule has 2 fully saturated rings. The number of phenolic OH excluding ortho intramolecular Hbond substituents is 1. The summed E-state index contributed by atoms with van der Waals surface area (Å²) in [4.78, 5) is 25.1. The maximum Gasteiger partial charge on any atom is 0.404 e. The van der Waals surface area contributed by atoms with Crippen LogP contribution in [0.2, 0.25) is 5.02 Å². The first-order chi connectivity index (χ1) is 22.3. The number of rotatable bonds is 11. The zero-order valence-corrected chi connectivity index (χ0v) is 28.9. The third-order valence-corrected chi connectivity index (χ3v) is 10.5. The molecule has 252 valence electrons. The van der Waals surface area contributed by atoms with Gasteiger partial charge in [0.15, 0.2) is 6.29 Å². The van der Waals surface area contributed by atoms with Crippen LogP contribution in [0.1, 0.15) is 73.5 Å². The van der Waals surface area contributed by atoms with E-state index in [0.717, 1.165) is 78.9 Å². The second kappa shape index (κ2) is 14.2. The smallest absolute Gasteiger partial charge is 0.404 e. The summed E-state index contributed by atoms with van der Waals surface area (Å²) in [5.41, 5.74) is 11.1. The molecular weight excluding hydrogens is 616 g/mol. The van der Waals surface area contributed by atoms with E-state index in [9.17, 15) is 14.7 Å². The number of benzene rings is 3. The largest absolute Gasteiger partial charge is 0.507 e. The van der Waals surface area contributed by atoms with Gasteiger partial charge in [0.2, 0.25) is 0 Å². The van der Waals surface area contributed by atoms with Gasteiger partial charge in [0, 0.05) is 18.5 Å². The molecule has 2 atom stereocenters. The van der Waals surface area contributed by atoms with Gasteiger partial charge in [0.25, 0.3) is 0 Å². The van der Waals surface area contributed by atoms with E-state index in [1.807, 2.05) is 24.3 Å². The molecule has 1 aliphatic carbocycles. The van der Waals surface area contributed by atoms with Gasteiger partial charge >= 0.3 is 6.09 Å². The standard InChI is InChI=1S/C38H47ClN2O6/c1-24-26(23-46-33-20-31(43)27(22-42)19-30(33)39)9-6-10-28(24)29-11-7-12-32(25(29)2)45-18-8-15-41-16-13-38(14-17-41)21-34(47-36(40)44)35(38)37(3,4)5/h6-7,9-12,19-20,22,34-35,43H,8,13-18,21,23H2,1-5H3,(H2,40,44). The summed E-state index contributed by atoms with van der Waals surface area (Å²) < 4.78 is 17.7. The Balaban J connectivity index is 1.15. The van der Waals surface area contributed by atoms with Crippen LogP contribution in [-0.4, -0.2) is 54.7 Å². The van der Waals surface area contributed by atoms with Gasteiger partial charge in [0.05, 0.1) is 17.2 Å². The Morgan fingerprint density at radius 3 is 2.38 bits per heavy atom. The fourth-order valence-corrected chi connectivity index (χ4v) is 8.16. The Hall–Kier alpha value is -3.75. The maximum atomic E-state index is 11.4. The quantitative estimate of drug-likeness (QED) is 0.158. The van der Waals surface area contributed by atoms with Crippen molar-refractivity contribution in [3.8, 4) is 28.4 Å². The van der Waals surface area contributed by atoms with Crippen LogP contribution in [0.3, 0.4) is 0 Å². The Morgan fingerprint density at radius 2 is 1.72 bits per heavy atom. The molecule has 0 radical (unpaired) electrons. The molecule has 0 aromatic heterocycles. The predicted molar refractivity (Wildman–Crippen MR) is 184 cm³/mol. The molecule has 2 aliphatic rings. The molecule has 3 aromatic rings. The number of nitrogens with two attached hydrogens (primary N) is 1. The molecule has 8 nitrogen and oxygen atoms in total. The van der Waals surface area contributed by atoms with Crippen LogP contribution >= 0.6 is 11.6 Å². The predicted octanol–water partition coefficient (Wildman–Crippen LogP) is 8.10. The fraction of sp³-hybridized carbons (Fsp3) is 0.474. The number of primary amides is 1. The molecule has 1 aliphatic heterocycles. The highest BCUT2D eigenvalue weighted by molar-refractivity contribution is 6.32. The van der Waals surface area contributed by atoms with Crippen molar-refractivity contribution in [2.45, 2.75) is 73.0 Å². The summed E-state index contributed by atoms with van der Waals surface area (Å²) in [5, 5.41) is 10.3. The Kier molecular flexibility index (Phi) is 10.4. The van der Waals surface area contributed by atoms with E-state index >= 15 is 0 Å².